The summed E-state index contributed by atoms with van der Waals surface area (Å²) in [5.41, 5.74) is 0. The number of rotatable bonds is 4. The first-order valence-electron chi connectivity index (χ1n) is 7.30. The number of carbonyl (C=O) groups is 1. The fourth-order valence-electron chi connectivity index (χ4n) is 3.02. The maximum absolute atomic E-state index is 12.4. The number of thioether (sulfide) groups is 1. The van der Waals surface area contributed by atoms with Gasteiger partial charge in [-0.2, -0.15) is 0 Å². The highest BCUT2D eigenvalue weighted by molar-refractivity contribution is 8.03. The molecule has 0 radical (unpaired) electrons. The molecule has 2 atom stereocenters. The zero-order valence-corrected chi connectivity index (χ0v) is 12.8. The third-order valence-corrected chi connectivity index (χ3v) is 5.18. The predicted molar refractivity (Wildman–Crippen MR) is 87.9 cm³/mol. The number of nitrogens with zero attached hydrogens (tertiary/aromatic N) is 1. The Kier molecular flexibility index (Phi) is 4.30. The van der Waals surface area contributed by atoms with Gasteiger partial charge in [-0.15, -0.1) is 6.58 Å². The SMILES string of the molecule is C=CCN1C(=O)C=C(Sc2ccccc2)[C@@H]2CC=CC[C@@H]21. The van der Waals surface area contributed by atoms with Gasteiger partial charge < -0.3 is 4.90 Å². The summed E-state index contributed by atoms with van der Waals surface area (Å²) < 4.78 is 0. The number of benzene rings is 1. The van der Waals surface area contributed by atoms with Crippen LogP contribution in [0.1, 0.15) is 12.8 Å². The van der Waals surface area contributed by atoms with E-state index in [0.29, 0.717) is 12.5 Å². The number of allylic oxidation sites excluding steroid dienone is 1. The molecule has 1 amide bonds. The molecule has 0 bridgehead atoms. The van der Waals surface area contributed by atoms with Crippen LogP contribution in [0.4, 0.5) is 0 Å². The highest BCUT2D eigenvalue weighted by Gasteiger charge is 2.36. The predicted octanol–water partition coefficient (Wildman–Crippen LogP) is 4.03. The Morgan fingerprint density at radius 3 is 2.76 bits per heavy atom. The maximum Gasteiger partial charge on any atom is 0.247 e. The summed E-state index contributed by atoms with van der Waals surface area (Å²) >= 11 is 1.73. The fraction of sp³-hybridized carbons (Fsp3) is 0.278. The van der Waals surface area contributed by atoms with E-state index in [1.54, 1.807) is 11.8 Å². The largest absolute Gasteiger partial charge is 0.331 e. The number of hydrogen-bond acceptors (Lipinski definition) is 2. The minimum atomic E-state index is 0.116. The van der Waals surface area contributed by atoms with Crippen molar-refractivity contribution in [3.05, 3.63) is 66.1 Å². The summed E-state index contributed by atoms with van der Waals surface area (Å²) in [6, 6.07) is 10.6. The van der Waals surface area contributed by atoms with E-state index in [4.69, 9.17) is 0 Å². The second-order valence-electron chi connectivity index (χ2n) is 5.36. The molecule has 0 spiro atoms. The molecule has 2 nitrogen and oxygen atoms in total. The second-order valence-corrected chi connectivity index (χ2v) is 6.50. The number of carbonyl (C=O) groups excluding carboxylic acids is 1. The first-order valence-corrected chi connectivity index (χ1v) is 8.12. The molecule has 1 aliphatic carbocycles. The van der Waals surface area contributed by atoms with E-state index < -0.39 is 0 Å². The van der Waals surface area contributed by atoms with E-state index in [9.17, 15) is 4.79 Å². The molecule has 0 saturated carbocycles. The molecule has 0 unspecified atom stereocenters. The van der Waals surface area contributed by atoms with Crippen LogP contribution in [-0.2, 0) is 4.79 Å². The zero-order chi connectivity index (χ0) is 14.7. The molecule has 0 aromatic heterocycles. The van der Waals surface area contributed by atoms with Gasteiger partial charge in [-0.25, -0.2) is 0 Å². The van der Waals surface area contributed by atoms with Gasteiger partial charge in [-0.1, -0.05) is 48.2 Å². The smallest absolute Gasteiger partial charge is 0.247 e. The van der Waals surface area contributed by atoms with E-state index in [2.05, 4.69) is 30.9 Å². The Morgan fingerprint density at radius 1 is 1.24 bits per heavy atom. The topological polar surface area (TPSA) is 20.3 Å². The molecule has 0 N–H and O–H groups in total. The number of fused-ring (bicyclic) bond motifs is 1. The molecular weight excluding hydrogens is 278 g/mol. The lowest BCUT2D eigenvalue weighted by Crippen LogP contribution is -2.48. The Labute approximate surface area is 130 Å². The molecule has 1 heterocycles. The van der Waals surface area contributed by atoms with Crippen molar-refractivity contribution in [3.8, 4) is 0 Å². The molecule has 1 aromatic carbocycles. The van der Waals surface area contributed by atoms with Gasteiger partial charge in [0.15, 0.2) is 0 Å². The lowest BCUT2D eigenvalue weighted by atomic mass is 9.85. The van der Waals surface area contributed by atoms with Crippen molar-refractivity contribution in [2.45, 2.75) is 23.8 Å². The fourth-order valence-corrected chi connectivity index (χ4v) is 4.15. The van der Waals surface area contributed by atoms with E-state index in [1.807, 2.05) is 35.3 Å². The monoisotopic (exact) mass is 297 g/mol. The summed E-state index contributed by atoms with van der Waals surface area (Å²) in [6.45, 7) is 4.41. The normalized spacial score (nSPS) is 24.5. The van der Waals surface area contributed by atoms with Crippen LogP contribution in [-0.4, -0.2) is 23.4 Å². The third-order valence-electron chi connectivity index (χ3n) is 4.02. The molecule has 2 aliphatic rings. The van der Waals surface area contributed by atoms with E-state index in [1.165, 1.54) is 9.80 Å². The number of hydrogen-bond donors (Lipinski definition) is 0. The standard InChI is InChI=1S/C18H19NOS/c1-2-12-19-16-11-7-6-10-15(16)17(13-18(19)20)21-14-8-4-3-5-9-14/h2-9,13,15-16H,1,10-12H2/t15-,16+/m1/s1. The van der Waals surface area contributed by atoms with Crippen molar-refractivity contribution in [1.29, 1.82) is 0 Å². The minimum absolute atomic E-state index is 0.116. The Balaban J connectivity index is 1.89. The summed E-state index contributed by atoms with van der Waals surface area (Å²) in [4.78, 5) is 16.8. The van der Waals surface area contributed by atoms with Gasteiger partial charge in [-0.05, 0) is 25.0 Å². The van der Waals surface area contributed by atoms with Crippen LogP contribution in [0.2, 0.25) is 0 Å². The summed E-state index contributed by atoms with van der Waals surface area (Å²) in [6.07, 6.45) is 10.0. The van der Waals surface area contributed by atoms with E-state index in [0.717, 1.165) is 12.8 Å². The van der Waals surface area contributed by atoms with E-state index in [-0.39, 0.29) is 11.9 Å². The lowest BCUT2D eigenvalue weighted by molar-refractivity contribution is -0.129. The van der Waals surface area contributed by atoms with Crippen molar-refractivity contribution in [2.75, 3.05) is 6.54 Å². The quantitative estimate of drug-likeness (QED) is 0.782. The van der Waals surface area contributed by atoms with Gasteiger partial charge >= 0.3 is 0 Å². The van der Waals surface area contributed by atoms with Crippen LogP contribution in [0.15, 0.2) is 71.0 Å². The van der Waals surface area contributed by atoms with Crippen LogP contribution in [0.5, 0.6) is 0 Å². The van der Waals surface area contributed by atoms with Gasteiger partial charge in [0.1, 0.15) is 0 Å². The van der Waals surface area contributed by atoms with E-state index >= 15 is 0 Å². The molecule has 21 heavy (non-hydrogen) atoms. The first-order chi connectivity index (χ1) is 10.3. The summed E-state index contributed by atoms with van der Waals surface area (Å²) in [5.74, 6) is 0.530. The molecule has 3 heteroatoms. The zero-order valence-electron chi connectivity index (χ0n) is 11.9. The highest BCUT2D eigenvalue weighted by Crippen LogP contribution is 2.42. The van der Waals surface area contributed by atoms with Crippen LogP contribution < -0.4 is 0 Å². The van der Waals surface area contributed by atoms with Crippen LogP contribution >= 0.6 is 11.8 Å². The molecular formula is C18H19NOS. The summed E-state index contributed by atoms with van der Waals surface area (Å²) in [7, 11) is 0. The lowest BCUT2D eigenvalue weighted by Gasteiger charge is -2.41. The van der Waals surface area contributed by atoms with Crippen molar-refractivity contribution >= 4 is 17.7 Å². The molecule has 1 aromatic rings. The Bertz CT molecular complexity index is 590. The average molecular weight is 297 g/mol. The molecule has 0 fully saturated rings. The van der Waals surface area contributed by atoms with Gasteiger partial charge in [0.05, 0.1) is 0 Å². The third kappa shape index (κ3) is 2.98. The average Bonchev–Trinajstić information content (AvgIpc) is 2.52. The van der Waals surface area contributed by atoms with Gasteiger partial charge in [0.2, 0.25) is 5.91 Å². The van der Waals surface area contributed by atoms with Gasteiger partial charge in [0.25, 0.3) is 0 Å². The Morgan fingerprint density at radius 2 is 2.00 bits per heavy atom. The van der Waals surface area contributed by atoms with Crippen molar-refractivity contribution < 1.29 is 4.79 Å². The van der Waals surface area contributed by atoms with Crippen molar-refractivity contribution in [2.24, 2.45) is 5.92 Å². The summed E-state index contributed by atoms with van der Waals surface area (Å²) in [5, 5.41) is 0. The second kappa shape index (κ2) is 6.35. The minimum Gasteiger partial charge on any atom is -0.331 e. The van der Waals surface area contributed by atoms with Crippen LogP contribution in [0, 0.1) is 5.92 Å². The molecule has 1 aliphatic heterocycles. The molecule has 0 saturated heterocycles. The van der Waals surface area contributed by atoms with Gasteiger partial charge in [-0.3, -0.25) is 4.79 Å². The highest BCUT2D eigenvalue weighted by atomic mass is 32.2. The number of amides is 1. The first kappa shape index (κ1) is 14.2. The van der Waals surface area contributed by atoms with Crippen molar-refractivity contribution in [1.82, 2.24) is 4.90 Å². The van der Waals surface area contributed by atoms with Crippen LogP contribution in [0.25, 0.3) is 0 Å². The Hall–Kier alpha value is -1.74. The molecule has 108 valence electrons. The molecule has 3 rings (SSSR count). The van der Waals surface area contributed by atoms with Crippen LogP contribution in [0.3, 0.4) is 0 Å². The van der Waals surface area contributed by atoms with Crippen molar-refractivity contribution in [3.63, 3.8) is 0 Å². The maximum atomic E-state index is 12.4. The van der Waals surface area contributed by atoms with Gasteiger partial charge in [0, 0.05) is 34.4 Å².